The highest BCUT2D eigenvalue weighted by atomic mass is 16.5. The first-order valence-electron chi connectivity index (χ1n) is 5.77. The van der Waals surface area contributed by atoms with E-state index in [2.05, 4.69) is 11.0 Å². The van der Waals surface area contributed by atoms with Crippen molar-refractivity contribution in [2.45, 2.75) is 19.3 Å². The minimum atomic E-state index is 0.803. The molecule has 0 unspecified atom stereocenters. The third-order valence-corrected chi connectivity index (χ3v) is 2.76. The number of hydrogen-bond donors (Lipinski definition) is 0. The van der Waals surface area contributed by atoms with Crippen molar-refractivity contribution in [1.82, 2.24) is 4.90 Å². The first-order valence-corrected chi connectivity index (χ1v) is 5.77. The summed E-state index contributed by atoms with van der Waals surface area (Å²) < 4.78 is 5.58. The molecule has 0 spiro atoms. The van der Waals surface area contributed by atoms with E-state index in [9.17, 15) is 0 Å². The van der Waals surface area contributed by atoms with Gasteiger partial charge >= 0.3 is 0 Å². The van der Waals surface area contributed by atoms with Gasteiger partial charge in [-0.05, 0) is 38.4 Å². The van der Waals surface area contributed by atoms with E-state index in [0.29, 0.717) is 0 Å². The molecule has 2 rings (SSSR count). The lowest BCUT2D eigenvalue weighted by atomic mass is 10.3. The van der Waals surface area contributed by atoms with Crippen LogP contribution in [0, 0.1) is 6.07 Å². The zero-order valence-electron chi connectivity index (χ0n) is 9.11. The van der Waals surface area contributed by atoms with E-state index in [4.69, 9.17) is 4.74 Å². The monoisotopic (exact) mass is 204 g/mol. The smallest absolute Gasteiger partial charge is 0.127 e. The van der Waals surface area contributed by atoms with Crippen LogP contribution in [0.25, 0.3) is 0 Å². The zero-order valence-corrected chi connectivity index (χ0v) is 9.11. The van der Waals surface area contributed by atoms with Gasteiger partial charge in [-0.3, -0.25) is 0 Å². The van der Waals surface area contributed by atoms with Crippen LogP contribution in [-0.4, -0.2) is 31.1 Å². The van der Waals surface area contributed by atoms with E-state index in [1.165, 1.54) is 32.5 Å². The summed E-state index contributed by atoms with van der Waals surface area (Å²) in [6.45, 7) is 4.53. The van der Waals surface area contributed by atoms with Crippen LogP contribution in [0.1, 0.15) is 19.3 Å². The summed E-state index contributed by atoms with van der Waals surface area (Å²) in [5.74, 6) is 0.860. The van der Waals surface area contributed by atoms with Gasteiger partial charge in [0.15, 0.2) is 0 Å². The third kappa shape index (κ3) is 3.56. The fourth-order valence-corrected chi connectivity index (χ4v) is 1.94. The minimum Gasteiger partial charge on any atom is -0.493 e. The van der Waals surface area contributed by atoms with Crippen molar-refractivity contribution in [3.63, 3.8) is 0 Å². The molecule has 1 aromatic carbocycles. The van der Waals surface area contributed by atoms with Gasteiger partial charge < -0.3 is 9.64 Å². The number of nitrogens with zero attached hydrogens (tertiary/aromatic N) is 1. The van der Waals surface area contributed by atoms with E-state index in [0.717, 1.165) is 18.8 Å². The summed E-state index contributed by atoms with van der Waals surface area (Å²) in [5.41, 5.74) is 0. The molecule has 1 radical (unpaired) electrons. The summed E-state index contributed by atoms with van der Waals surface area (Å²) >= 11 is 0. The molecule has 1 saturated heterocycles. The van der Waals surface area contributed by atoms with Gasteiger partial charge in [0, 0.05) is 12.6 Å². The standard InChI is InChI=1S/C13H18NO/c1-2-7-13(8-3-1)15-12-6-11-14-9-4-5-10-14/h1-3,7H,4-6,9-12H2. The maximum absolute atomic E-state index is 5.58. The van der Waals surface area contributed by atoms with Crippen molar-refractivity contribution >= 4 is 0 Å². The van der Waals surface area contributed by atoms with Gasteiger partial charge in [-0.1, -0.05) is 18.2 Å². The van der Waals surface area contributed by atoms with Gasteiger partial charge in [0.05, 0.1) is 6.61 Å². The Balaban J connectivity index is 1.59. The van der Waals surface area contributed by atoms with Crippen LogP contribution in [-0.2, 0) is 0 Å². The van der Waals surface area contributed by atoms with E-state index >= 15 is 0 Å². The maximum atomic E-state index is 5.58. The average Bonchev–Trinajstić information content (AvgIpc) is 2.79. The lowest BCUT2D eigenvalue weighted by Gasteiger charge is -2.14. The lowest BCUT2D eigenvalue weighted by molar-refractivity contribution is 0.263. The fraction of sp³-hybridized carbons (Fsp3) is 0.538. The first kappa shape index (κ1) is 10.5. The van der Waals surface area contributed by atoms with Crippen molar-refractivity contribution in [1.29, 1.82) is 0 Å². The molecule has 0 saturated carbocycles. The number of rotatable bonds is 5. The van der Waals surface area contributed by atoms with Crippen LogP contribution in [0.15, 0.2) is 24.3 Å². The normalized spacial score (nSPS) is 16.8. The second-order valence-corrected chi connectivity index (χ2v) is 3.98. The number of hydrogen-bond acceptors (Lipinski definition) is 2. The van der Waals surface area contributed by atoms with E-state index < -0.39 is 0 Å². The Morgan fingerprint density at radius 2 is 2.13 bits per heavy atom. The van der Waals surface area contributed by atoms with E-state index in [1.807, 2.05) is 24.3 Å². The Morgan fingerprint density at radius 1 is 1.27 bits per heavy atom. The SMILES string of the molecule is [c]1ccccc1OCCCN1CCCC1. The minimum absolute atomic E-state index is 0.803. The molecule has 1 aromatic rings. The second kappa shape index (κ2) is 5.76. The molecule has 2 heteroatoms. The molecular formula is C13H18NO. The second-order valence-electron chi connectivity index (χ2n) is 3.98. The van der Waals surface area contributed by atoms with Crippen molar-refractivity contribution in [2.75, 3.05) is 26.2 Å². The highest BCUT2D eigenvalue weighted by Crippen LogP contribution is 2.09. The Bertz CT molecular complexity index is 267. The van der Waals surface area contributed by atoms with Crippen molar-refractivity contribution in [3.05, 3.63) is 30.3 Å². The number of ether oxygens (including phenoxy) is 1. The number of para-hydroxylation sites is 1. The highest BCUT2D eigenvalue weighted by molar-refractivity contribution is 5.19. The van der Waals surface area contributed by atoms with Crippen molar-refractivity contribution < 1.29 is 4.74 Å². The summed E-state index contributed by atoms with van der Waals surface area (Å²) in [4.78, 5) is 2.51. The van der Waals surface area contributed by atoms with Crippen molar-refractivity contribution in [3.8, 4) is 5.75 Å². The average molecular weight is 204 g/mol. The molecule has 0 atom stereocenters. The lowest BCUT2D eigenvalue weighted by Crippen LogP contribution is -2.21. The molecule has 0 N–H and O–H groups in total. The van der Waals surface area contributed by atoms with Gasteiger partial charge in [-0.15, -0.1) is 0 Å². The Kier molecular flexibility index (Phi) is 4.03. The molecule has 15 heavy (non-hydrogen) atoms. The van der Waals surface area contributed by atoms with Crippen molar-refractivity contribution in [2.24, 2.45) is 0 Å². The number of likely N-dealkylation sites (tertiary alicyclic amines) is 1. The molecule has 1 fully saturated rings. The Morgan fingerprint density at radius 3 is 2.87 bits per heavy atom. The summed E-state index contributed by atoms with van der Waals surface area (Å²) in [6.07, 6.45) is 3.85. The van der Waals surface area contributed by atoms with Crippen LogP contribution in [0.4, 0.5) is 0 Å². The predicted molar refractivity (Wildman–Crippen MR) is 61.1 cm³/mol. The van der Waals surface area contributed by atoms with Crippen LogP contribution in [0.3, 0.4) is 0 Å². The molecule has 0 aliphatic carbocycles. The van der Waals surface area contributed by atoms with Gasteiger partial charge in [0.2, 0.25) is 0 Å². The van der Waals surface area contributed by atoms with E-state index in [1.54, 1.807) is 0 Å². The van der Waals surface area contributed by atoms with Gasteiger partial charge in [-0.2, -0.15) is 0 Å². The maximum Gasteiger partial charge on any atom is 0.127 e. The third-order valence-electron chi connectivity index (χ3n) is 2.76. The molecule has 1 aliphatic rings. The quantitative estimate of drug-likeness (QED) is 0.683. The van der Waals surface area contributed by atoms with Crippen LogP contribution >= 0.6 is 0 Å². The predicted octanol–water partition coefficient (Wildman–Crippen LogP) is 2.35. The molecular weight excluding hydrogens is 186 g/mol. The molecule has 0 amide bonds. The zero-order chi connectivity index (χ0) is 10.3. The van der Waals surface area contributed by atoms with Gasteiger partial charge in [-0.25, -0.2) is 0 Å². The summed E-state index contributed by atoms with van der Waals surface area (Å²) in [7, 11) is 0. The van der Waals surface area contributed by atoms with Crippen LogP contribution in [0.5, 0.6) is 5.75 Å². The van der Waals surface area contributed by atoms with Crippen LogP contribution < -0.4 is 4.74 Å². The molecule has 0 bridgehead atoms. The summed E-state index contributed by atoms with van der Waals surface area (Å²) in [5, 5.41) is 0. The number of benzene rings is 1. The highest BCUT2D eigenvalue weighted by Gasteiger charge is 2.10. The van der Waals surface area contributed by atoms with Crippen LogP contribution in [0.2, 0.25) is 0 Å². The largest absolute Gasteiger partial charge is 0.493 e. The molecule has 2 nitrogen and oxygen atoms in total. The first-order chi connectivity index (χ1) is 7.45. The molecule has 1 aliphatic heterocycles. The Hall–Kier alpha value is -1.02. The van der Waals surface area contributed by atoms with Gasteiger partial charge in [0.1, 0.15) is 5.75 Å². The Labute approximate surface area is 91.9 Å². The fourth-order valence-electron chi connectivity index (χ4n) is 1.94. The van der Waals surface area contributed by atoms with E-state index in [-0.39, 0.29) is 0 Å². The summed E-state index contributed by atoms with van der Waals surface area (Å²) in [6, 6.07) is 10.8. The molecule has 1 heterocycles. The molecule has 81 valence electrons. The molecule has 0 aromatic heterocycles. The van der Waals surface area contributed by atoms with Gasteiger partial charge in [0.25, 0.3) is 0 Å². The topological polar surface area (TPSA) is 12.5 Å².